The Morgan fingerprint density at radius 3 is 2.02 bits per heavy atom. The first-order valence-electron chi connectivity index (χ1n) is 16.9. The number of unbranched alkanes of at least 4 members (excludes halogenated alkanes) is 5. The van der Waals surface area contributed by atoms with E-state index in [4.69, 9.17) is 73.7 Å². The van der Waals surface area contributed by atoms with Gasteiger partial charge in [0.2, 0.25) is 0 Å². The molecule has 1 N–H and O–H groups in total. The third-order valence-electron chi connectivity index (χ3n) is 8.93. The van der Waals surface area contributed by atoms with Crippen LogP contribution in [0.15, 0.2) is 0 Å². The molecular formula is C31H64Cl8Mn2N5. The van der Waals surface area contributed by atoms with Crippen LogP contribution in [-0.2, 0) is 24.3 Å². The molecule has 0 aromatic rings. The van der Waals surface area contributed by atoms with Gasteiger partial charge in [0.25, 0.3) is 0 Å². The van der Waals surface area contributed by atoms with E-state index in [1.165, 1.54) is 90.1 Å². The molecule has 2 fully saturated rings. The van der Waals surface area contributed by atoms with Crippen LogP contribution in [0.3, 0.4) is 0 Å². The van der Waals surface area contributed by atoms with Gasteiger partial charge in [0, 0.05) is 45.8 Å². The van der Waals surface area contributed by atoms with Crippen LogP contribution >= 0.6 is 73.7 Å². The summed E-state index contributed by atoms with van der Waals surface area (Å²) in [6.45, 7) is 13.0. The maximum absolute atomic E-state index is 7.58. The quantitative estimate of drug-likeness (QED) is 0.0664. The van der Waals surface area contributed by atoms with Crippen molar-refractivity contribution in [1.29, 1.82) is 0 Å². The molecule has 0 aliphatic carbocycles. The van der Waals surface area contributed by atoms with Crippen LogP contribution < -0.4 is 17.7 Å². The van der Waals surface area contributed by atoms with Crippen LogP contribution in [-0.4, -0.2) is 123 Å². The summed E-state index contributed by atoms with van der Waals surface area (Å²) in [6, 6.07) is 0. The normalized spacial score (nSPS) is 25.6. The van der Waals surface area contributed by atoms with E-state index in [-0.39, 0.29) is 30.9 Å². The van der Waals surface area contributed by atoms with Crippen molar-refractivity contribution in [3.8, 4) is 0 Å². The SMILES string of the molecule is CCCCCCCC(CCCCC1(Cl)C(Cl)CNCCN2CCCN(C)CCN1CC2)CCC[N+](C)(C)C.[Cl-].[Cl][Mn]([Cl])[Cl].[Cl][Mn][Cl]. The van der Waals surface area contributed by atoms with Crippen molar-refractivity contribution in [3.63, 3.8) is 0 Å². The molecule has 0 spiro atoms. The minimum absolute atomic E-state index is 0. The van der Waals surface area contributed by atoms with Gasteiger partial charge in [-0.2, -0.15) is 0 Å². The molecule has 0 radical (unpaired) electrons. The molecule has 0 amide bonds. The monoisotopic (exact) mass is 896 g/mol. The molecule has 46 heavy (non-hydrogen) atoms. The summed E-state index contributed by atoms with van der Waals surface area (Å²) >= 11 is 13.2. The van der Waals surface area contributed by atoms with Crippen LogP contribution in [0.2, 0.25) is 0 Å². The van der Waals surface area contributed by atoms with Gasteiger partial charge in [0.1, 0.15) is 5.00 Å². The van der Waals surface area contributed by atoms with E-state index in [1.54, 1.807) is 0 Å². The predicted octanol–water partition coefficient (Wildman–Crippen LogP) is 6.54. The number of rotatable bonds is 15. The average Bonchev–Trinajstić information content (AvgIpc) is 2.95. The number of nitrogens with one attached hydrogen (secondary N) is 1. The zero-order valence-corrected chi connectivity index (χ0v) is 37.4. The number of hydrogen-bond donors (Lipinski definition) is 1. The second-order valence-corrected chi connectivity index (χ2v) is 22.6. The summed E-state index contributed by atoms with van der Waals surface area (Å²) < 4.78 is 1.07. The first-order valence-corrected chi connectivity index (χ1v) is 25.8. The summed E-state index contributed by atoms with van der Waals surface area (Å²) in [4.78, 5) is 7.16. The molecule has 2 aliphatic rings. The van der Waals surface area contributed by atoms with E-state index >= 15 is 0 Å². The Morgan fingerprint density at radius 2 is 1.41 bits per heavy atom. The number of alkyl halides is 2. The Kier molecular flexibility index (Phi) is 35.3. The molecule has 5 atom stereocenters. The molecule has 2 rings (SSSR count). The number of hydrogen-bond acceptors (Lipinski definition) is 4. The summed E-state index contributed by atoms with van der Waals surface area (Å²) in [5.41, 5.74) is 0. The first-order chi connectivity index (χ1) is 21.3. The summed E-state index contributed by atoms with van der Waals surface area (Å²) in [7, 11) is 33.5. The zero-order valence-electron chi connectivity index (χ0n) is 29.0. The number of halogens is 8. The fourth-order valence-corrected chi connectivity index (χ4v) is 7.05. The van der Waals surface area contributed by atoms with E-state index < -0.39 is 16.2 Å². The van der Waals surface area contributed by atoms with Crippen LogP contribution in [0.25, 0.3) is 0 Å². The van der Waals surface area contributed by atoms with Gasteiger partial charge in [-0.3, -0.25) is 4.90 Å². The molecule has 15 heteroatoms. The standard InChI is InChI=1S/C31H64Cl2N5.6ClH.2Mn/c1-6-7-8-9-10-15-29(17-13-27-38(3,4)5)16-11-12-18-31(33)30(32)28-34-19-22-36-21-14-20-35(2)23-25-37(31)26-24-36;;;;;;;;/h29-30,34H,6-28H2,1-5H3;6*1H;;/q+1;;;;;;;+2;+3/p-6. The van der Waals surface area contributed by atoms with Crippen molar-refractivity contribution >= 4 is 73.7 Å². The number of quaternary nitrogens is 1. The second kappa shape index (κ2) is 31.7. The van der Waals surface area contributed by atoms with Gasteiger partial charge in [-0.25, -0.2) is 0 Å². The van der Waals surface area contributed by atoms with Crippen molar-refractivity contribution < 1.29 is 41.2 Å². The molecule has 0 saturated carbocycles. The van der Waals surface area contributed by atoms with Crippen LogP contribution in [0.1, 0.15) is 90.4 Å². The molecule has 283 valence electrons. The molecule has 2 bridgehead atoms. The third-order valence-corrected chi connectivity index (χ3v) is 10.3. The van der Waals surface area contributed by atoms with Crippen molar-refractivity contribution in [1.82, 2.24) is 20.0 Å². The number of nitrogens with zero attached hydrogens (tertiary/aromatic N) is 4. The van der Waals surface area contributed by atoms with E-state index in [0.717, 1.165) is 69.2 Å². The van der Waals surface area contributed by atoms with Crippen molar-refractivity contribution in [3.05, 3.63) is 0 Å². The zero-order chi connectivity index (χ0) is 34.1. The van der Waals surface area contributed by atoms with E-state index in [1.807, 2.05) is 0 Å². The first kappa shape index (κ1) is 51.3. The van der Waals surface area contributed by atoms with Crippen molar-refractivity contribution in [2.75, 3.05) is 93.6 Å². The van der Waals surface area contributed by atoms with Crippen LogP contribution in [0, 0.1) is 5.92 Å². The summed E-state index contributed by atoms with van der Waals surface area (Å²) in [6.07, 6.45) is 17.1. The number of fused-ring (bicyclic) bond motifs is 3. The molecule has 5 unspecified atom stereocenters. The summed E-state index contributed by atoms with van der Waals surface area (Å²) in [5, 5.41) is 3.54. The van der Waals surface area contributed by atoms with E-state index in [0.29, 0.717) is 0 Å². The Bertz CT molecular complexity index is 685. The Hall–Kier alpha value is 3.16. The molecule has 0 aromatic carbocycles. The average molecular weight is 900 g/mol. The van der Waals surface area contributed by atoms with Crippen LogP contribution in [0.4, 0.5) is 0 Å². The predicted molar refractivity (Wildman–Crippen MR) is 198 cm³/mol. The fourth-order valence-electron chi connectivity index (χ4n) is 6.31. The van der Waals surface area contributed by atoms with Crippen molar-refractivity contribution in [2.45, 2.75) is 101 Å². The maximum atomic E-state index is 7.58. The van der Waals surface area contributed by atoms with Gasteiger partial charge in [0.05, 0.1) is 33.1 Å². The topological polar surface area (TPSA) is 21.8 Å². The van der Waals surface area contributed by atoms with Gasteiger partial charge >= 0.3 is 74.8 Å². The van der Waals surface area contributed by atoms with Gasteiger partial charge in [-0.05, 0) is 51.7 Å². The van der Waals surface area contributed by atoms with Gasteiger partial charge < -0.3 is 32.0 Å². The molecule has 2 heterocycles. The Morgan fingerprint density at radius 1 is 0.848 bits per heavy atom. The third kappa shape index (κ3) is 27.8. The Balaban J connectivity index is 0. The van der Waals surface area contributed by atoms with Gasteiger partial charge in [-0.1, -0.05) is 64.7 Å². The molecule has 2 aliphatic heterocycles. The van der Waals surface area contributed by atoms with E-state index in [9.17, 15) is 0 Å². The summed E-state index contributed by atoms with van der Waals surface area (Å²) in [5.74, 6) is 0.864. The fraction of sp³-hybridized carbons (Fsp3) is 1.00. The van der Waals surface area contributed by atoms with Gasteiger partial charge in [0.15, 0.2) is 0 Å². The van der Waals surface area contributed by atoms with E-state index in [2.05, 4.69) is 55.1 Å². The number of likely N-dealkylation sites (N-methyl/N-ethyl adjacent to an activating group) is 1. The molecule has 0 aromatic heterocycles. The van der Waals surface area contributed by atoms with Gasteiger partial charge in [-0.15, -0.1) is 23.2 Å². The molecule has 5 nitrogen and oxygen atoms in total. The molecular weight excluding hydrogens is 836 g/mol. The minimum atomic E-state index is -1.48. The molecule has 2 saturated heterocycles. The van der Waals surface area contributed by atoms with Crippen molar-refractivity contribution in [2.24, 2.45) is 5.92 Å². The second-order valence-electron chi connectivity index (χ2n) is 13.7. The Labute approximate surface area is 332 Å². The van der Waals surface area contributed by atoms with Crippen LogP contribution in [0.5, 0.6) is 0 Å².